The molecule has 0 bridgehead atoms. The van der Waals surface area contributed by atoms with Gasteiger partial charge in [0.1, 0.15) is 18.2 Å². The highest BCUT2D eigenvalue weighted by molar-refractivity contribution is 5.46. The lowest BCUT2D eigenvalue weighted by Crippen LogP contribution is -2.03. The summed E-state index contributed by atoms with van der Waals surface area (Å²) in [4.78, 5) is 0. The van der Waals surface area contributed by atoms with Crippen molar-refractivity contribution in [2.24, 2.45) is 7.05 Å². The van der Waals surface area contributed by atoms with Gasteiger partial charge in [0, 0.05) is 14.1 Å². The van der Waals surface area contributed by atoms with Crippen molar-refractivity contribution in [1.29, 1.82) is 0 Å². The van der Waals surface area contributed by atoms with Gasteiger partial charge < -0.3 is 10.1 Å². The zero-order valence-electron chi connectivity index (χ0n) is 11.3. The summed E-state index contributed by atoms with van der Waals surface area (Å²) in [5.74, 6) is 1.89. The van der Waals surface area contributed by atoms with E-state index in [1.54, 1.807) is 0 Å². The van der Waals surface area contributed by atoms with Crippen molar-refractivity contribution >= 4 is 5.82 Å². The topological polar surface area (TPSA) is 39.1 Å². The lowest BCUT2D eigenvalue weighted by Gasteiger charge is -2.08. The van der Waals surface area contributed by atoms with Gasteiger partial charge in [0.15, 0.2) is 0 Å². The average Bonchev–Trinajstić information content (AvgIpc) is 2.60. The predicted octanol–water partition coefficient (Wildman–Crippen LogP) is 2.66. The summed E-state index contributed by atoms with van der Waals surface area (Å²) < 4.78 is 7.65. The Bertz CT molecular complexity index is 546. The zero-order chi connectivity index (χ0) is 13.1. The van der Waals surface area contributed by atoms with Crippen LogP contribution in [0.3, 0.4) is 0 Å². The van der Waals surface area contributed by atoms with Crippen molar-refractivity contribution < 1.29 is 4.74 Å². The van der Waals surface area contributed by atoms with E-state index in [-0.39, 0.29) is 0 Å². The van der Waals surface area contributed by atoms with Crippen LogP contribution in [0.2, 0.25) is 0 Å². The molecule has 0 spiro atoms. The van der Waals surface area contributed by atoms with Crippen molar-refractivity contribution in [3.63, 3.8) is 0 Å². The molecule has 0 unspecified atom stereocenters. The Labute approximate surface area is 108 Å². The minimum atomic E-state index is 0.527. The van der Waals surface area contributed by atoms with E-state index in [4.69, 9.17) is 4.74 Å². The van der Waals surface area contributed by atoms with Crippen LogP contribution < -0.4 is 10.1 Å². The van der Waals surface area contributed by atoms with Gasteiger partial charge in [-0.15, -0.1) is 0 Å². The molecule has 1 N–H and O–H groups in total. The summed E-state index contributed by atoms with van der Waals surface area (Å²) in [5.41, 5.74) is 3.29. The van der Waals surface area contributed by atoms with E-state index in [0.29, 0.717) is 6.61 Å². The minimum absolute atomic E-state index is 0.527. The molecule has 1 heterocycles. The molecule has 2 aromatic rings. The van der Waals surface area contributed by atoms with Crippen molar-refractivity contribution in [3.05, 3.63) is 41.1 Å². The molecule has 0 aliphatic rings. The molecular formula is C14H19N3O. The highest BCUT2D eigenvalue weighted by Crippen LogP contribution is 2.21. The summed E-state index contributed by atoms with van der Waals surface area (Å²) in [5, 5.41) is 7.54. The van der Waals surface area contributed by atoms with Crippen molar-refractivity contribution in [3.8, 4) is 5.75 Å². The first-order valence-corrected chi connectivity index (χ1v) is 6.01. The second-order valence-electron chi connectivity index (χ2n) is 4.39. The third-order valence-corrected chi connectivity index (χ3v) is 2.96. The summed E-state index contributed by atoms with van der Waals surface area (Å²) in [7, 11) is 3.82. The van der Waals surface area contributed by atoms with E-state index >= 15 is 0 Å². The van der Waals surface area contributed by atoms with Gasteiger partial charge in [0.2, 0.25) is 0 Å². The Kier molecular flexibility index (Phi) is 3.55. The highest BCUT2D eigenvalue weighted by atomic mass is 16.5. The summed E-state index contributed by atoms with van der Waals surface area (Å²) in [6, 6.07) is 8.06. The summed E-state index contributed by atoms with van der Waals surface area (Å²) in [6.07, 6.45) is 0. The molecule has 2 rings (SSSR count). The number of hydrogen-bond donors (Lipinski definition) is 1. The molecule has 0 radical (unpaired) electrons. The molecule has 0 aliphatic heterocycles. The highest BCUT2D eigenvalue weighted by Gasteiger charge is 2.12. The quantitative estimate of drug-likeness (QED) is 0.900. The average molecular weight is 245 g/mol. The second-order valence-corrected chi connectivity index (χ2v) is 4.39. The Morgan fingerprint density at radius 1 is 1.33 bits per heavy atom. The number of benzene rings is 1. The largest absolute Gasteiger partial charge is 0.489 e. The molecule has 18 heavy (non-hydrogen) atoms. The monoisotopic (exact) mass is 245 g/mol. The van der Waals surface area contributed by atoms with Gasteiger partial charge in [-0.25, -0.2) is 0 Å². The first-order chi connectivity index (χ1) is 8.61. The Morgan fingerprint density at radius 3 is 2.78 bits per heavy atom. The predicted molar refractivity (Wildman–Crippen MR) is 73.0 cm³/mol. The molecule has 1 aromatic heterocycles. The maximum Gasteiger partial charge on any atom is 0.130 e. The molecule has 4 heteroatoms. The fourth-order valence-corrected chi connectivity index (χ4v) is 2.05. The van der Waals surface area contributed by atoms with Crippen LogP contribution in [-0.4, -0.2) is 16.8 Å². The maximum absolute atomic E-state index is 5.82. The zero-order valence-corrected chi connectivity index (χ0v) is 11.3. The molecule has 0 fully saturated rings. The Balaban J connectivity index is 2.15. The van der Waals surface area contributed by atoms with E-state index in [0.717, 1.165) is 22.8 Å². The summed E-state index contributed by atoms with van der Waals surface area (Å²) >= 11 is 0. The van der Waals surface area contributed by atoms with Gasteiger partial charge in [0.05, 0.1) is 11.3 Å². The van der Waals surface area contributed by atoms with Gasteiger partial charge in [0.25, 0.3) is 0 Å². The number of hydrogen-bond acceptors (Lipinski definition) is 3. The fourth-order valence-electron chi connectivity index (χ4n) is 2.05. The number of nitrogens with zero attached hydrogens (tertiary/aromatic N) is 2. The smallest absolute Gasteiger partial charge is 0.130 e. The molecule has 0 saturated heterocycles. The van der Waals surface area contributed by atoms with Crippen molar-refractivity contribution in [2.45, 2.75) is 20.5 Å². The van der Waals surface area contributed by atoms with E-state index in [1.807, 2.05) is 43.9 Å². The Hall–Kier alpha value is -1.97. The first-order valence-electron chi connectivity index (χ1n) is 6.01. The second kappa shape index (κ2) is 5.12. The third kappa shape index (κ3) is 2.47. The number of aryl methyl sites for hydroxylation is 3. The lowest BCUT2D eigenvalue weighted by molar-refractivity contribution is 0.306. The standard InChI is InChI=1S/C14H19N3O/c1-10-6-5-7-12(8-10)18-9-13-11(2)16-17(4)14(13)15-3/h5-8,15H,9H2,1-4H3. The molecule has 0 saturated carbocycles. The number of ether oxygens (including phenoxy) is 1. The van der Waals surface area contributed by atoms with Crippen molar-refractivity contribution in [2.75, 3.05) is 12.4 Å². The van der Waals surface area contributed by atoms with Crippen LogP contribution in [0.5, 0.6) is 5.75 Å². The van der Waals surface area contributed by atoms with E-state index in [9.17, 15) is 0 Å². The molecule has 96 valence electrons. The molecular weight excluding hydrogens is 226 g/mol. The van der Waals surface area contributed by atoms with Crippen LogP contribution >= 0.6 is 0 Å². The Morgan fingerprint density at radius 2 is 2.11 bits per heavy atom. The van der Waals surface area contributed by atoms with E-state index in [2.05, 4.69) is 23.4 Å². The molecule has 1 aromatic carbocycles. The van der Waals surface area contributed by atoms with Crippen molar-refractivity contribution in [1.82, 2.24) is 9.78 Å². The maximum atomic E-state index is 5.82. The molecule has 0 amide bonds. The normalized spacial score (nSPS) is 10.4. The van der Waals surface area contributed by atoms with Gasteiger partial charge in [-0.3, -0.25) is 4.68 Å². The van der Waals surface area contributed by atoms with Gasteiger partial charge in [-0.2, -0.15) is 5.10 Å². The van der Waals surface area contributed by atoms with E-state index in [1.165, 1.54) is 5.56 Å². The molecule has 0 atom stereocenters. The first kappa shape index (κ1) is 12.5. The van der Waals surface area contributed by atoms with Gasteiger partial charge >= 0.3 is 0 Å². The van der Waals surface area contributed by atoms with Crippen LogP contribution in [0.15, 0.2) is 24.3 Å². The fraction of sp³-hybridized carbons (Fsp3) is 0.357. The van der Waals surface area contributed by atoms with Crippen LogP contribution in [0.25, 0.3) is 0 Å². The van der Waals surface area contributed by atoms with Crippen LogP contribution in [0.4, 0.5) is 5.82 Å². The number of anilines is 1. The van der Waals surface area contributed by atoms with Gasteiger partial charge in [-0.1, -0.05) is 12.1 Å². The number of rotatable bonds is 4. The van der Waals surface area contributed by atoms with Crippen LogP contribution in [0.1, 0.15) is 16.8 Å². The minimum Gasteiger partial charge on any atom is -0.489 e. The van der Waals surface area contributed by atoms with Gasteiger partial charge in [-0.05, 0) is 31.5 Å². The molecule has 0 aliphatic carbocycles. The summed E-state index contributed by atoms with van der Waals surface area (Å²) in [6.45, 7) is 4.58. The van der Waals surface area contributed by atoms with E-state index < -0.39 is 0 Å². The lowest BCUT2D eigenvalue weighted by atomic mass is 10.2. The third-order valence-electron chi connectivity index (χ3n) is 2.96. The SMILES string of the molecule is CNc1c(COc2cccc(C)c2)c(C)nn1C. The molecule has 4 nitrogen and oxygen atoms in total. The number of nitrogens with one attached hydrogen (secondary N) is 1. The van der Waals surface area contributed by atoms with Crippen LogP contribution in [-0.2, 0) is 13.7 Å². The number of aromatic nitrogens is 2. The van der Waals surface area contributed by atoms with Crippen LogP contribution in [0, 0.1) is 13.8 Å².